The molecule has 0 spiro atoms. The van der Waals surface area contributed by atoms with Gasteiger partial charge in [0.05, 0.1) is 0 Å². The molecule has 3 aromatic carbocycles. The zero-order valence-electron chi connectivity index (χ0n) is 13.1. The van der Waals surface area contributed by atoms with Crippen LogP contribution in [0.5, 0.6) is 0 Å². The van der Waals surface area contributed by atoms with E-state index in [1.807, 2.05) is 0 Å². The summed E-state index contributed by atoms with van der Waals surface area (Å²) in [7, 11) is 0. The highest BCUT2D eigenvalue weighted by Gasteiger charge is 2.12. The van der Waals surface area contributed by atoms with Crippen molar-refractivity contribution in [1.82, 2.24) is 0 Å². The third-order valence-electron chi connectivity index (χ3n) is 3.85. The molecule has 0 atom stereocenters. The number of para-hydroxylation sites is 2. The van der Waals surface area contributed by atoms with E-state index in [0.29, 0.717) is 6.71 Å². The molecule has 3 aromatic rings. The van der Waals surface area contributed by atoms with Gasteiger partial charge in [0.25, 0.3) is 0 Å². The third kappa shape index (κ3) is 3.06. The fourth-order valence-electron chi connectivity index (χ4n) is 2.61. The fourth-order valence-corrected chi connectivity index (χ4v) is 2.61. The van der Waals surface area contributed by atoms with E-state index in [1.165, 1.54) is 22.5 Å². The van der Waals surface area contributed by atoms with Crippen LogP contribution >= 0.6 is 0 Å². The van der Waals surface area contributed by atoms with Gasteiger partial charge in [-0.05, 0) is 36.4 Å². The number of nitrogens with zero attached hydrogens (tertiary/aromatic N) is 1. The van der Waals surface area contributed by atoms with Crippen molar-refractivity contribution in [3.63, 3.8) is 0 Å². The van der Waals surface area contributed by atoms with Gasteiger partial charge in [0.15, 0.2) is 6.71 Å². The quantitative estimate of drug-likeness (QED) is 0.601. The van der Waals surface area contributed by atoms with Crippen molar-refractivity contribution in [3.05, 3.63) is 84.9 Å². The van der Waals surface area contributed by atoms with Crippen molar-refractivity contribution in [2.75, 3.05) is 4.90 Å². The zero-order chi connectivity index (χ0) is 15.4. The molecule has 108 valence electrons. The van der Waals surface area contributed by atoms with E-state index in [4.69, 9.17) is 0 Å². The first kappa shape index (κ1) is 14.5. The Balaban J connectivity index is 2.06. The van der Waals surface area contributed by atoms with E-state index in [9.17, 15) is 0 Å². The molecule has 0 amide bonds. The van der Waals surface area contributed by atoms with Gasteiger partial charge in [0, 0.05) is 17.1 Å². The average Bonchev–Trinajstić information content (AvgIpc) is 2.57. The number of rotatable bonds is 4. The van der Waals surface area contributed by atoms with E-state index in [1.54, 1.807) is 0 Å². The molecular formula is C20H20BN. The molecule has 0 fully saturated rings. The average molecular weight is 285 g/mol. The lowest BCUT2D eigenvalue weighted by Crippen LogP contribution is -2.22. The lowest BCUT2D eigenvalue weighted by Gasteiger charge is -2.25. The highest BCUT2D eigenvalue weighted by molar-refractivity contribution is 6.70. The molecule has 22 heavy (non-hydrogen) atoms. The third-order valence-corrected chi connectivity index (χ3v) is 3.85. The smallest absolute Gasteiger partial charge is 0.169 e. The van der Waals surface area contributed by atoms with E-state index >= 15 is 0 Å². The largest absolute Gasteiger partial charge is 0.311 e. The number of hydrogen-bond donors (Lipinski definition) is 0. The van der Waals surface area contributed by atoms with Crippen LogP contribution in [0.3, 0.4) is 0 Å². The summed E-state index contributed by atoms with van der Waals surface area (Å²) in [6.45, 7) is 5.00. The zero-order valence-corrected chi connectivity index (χ0v) is 13.1. The lowest BCUT2D eigenvalue weighted by molar-refractivity contribution is 1.28. The molecule has 0 saturated heterocycles. The van der Waals surface area contributed by atoms with Crippen LogP contribution in [0.1, 0.15) is 0 Å². The van der Waals surface area contributed by atoms with Gasteiger partial charge in [-0.15, -0.1) is 0 Å². The monoisotopic (exact) mass is 285 g/mol. The van der Waals surface area contributed by atoms with Crippen LogP contribution in [-0.4, -0.2) is 6.71 Å². The Labute approximate surface area is 133 Å². The molecule has 0 aliphatic rings. The Morgan fingerprint density at radius 3 is 1.36 bits per heavy atom. The van der Waals surface area contributed by atoms with Crippen molar-refractivity contribution in [1.29, 1.82) is 0 Å². The van der Waals surface area contributed by atoms with Crippen LogP contribution in [-0.2, 0) is 0 Å². The molecule has 0 aliphatic carbocycles. The molecule has 3 rings (SSSR count). The molecule has 0 radical (unpaired) electrons. The second-order valence-corrected chi connectivity index (χ2v) is 5.75. The maximum absolute atomic E-state index is 2.28. The standard InChI is InChI=1S/C20H20BN/c1-21(2)17-13-15-20(16-14-17)22(18-9-5-3-6-10-18)19-11-7-4-8-12-19/h3-16H,1-2H3. The van der Waals surface area contributed by atoms with Gasteiger partial charge in [-0.2, -0.15) is 0 Å². The Hall–Kier alpha value is -2.48. The summed E-state index contributed by atoms with van der Waals surface area (Å²) >= 11 is 0. The van der Waals surface area contributed by atoms with Crippen LogP contribution < -0.4 is 10.4 Å². The molecule has 1 nitrogen and oxygen atoms in total. The first-order valence-corrected chi connectivity index (χ1v) is 7.76. The van der Waals surface area contributed by atoms with Crippen LogP contribution in [0.25, 0.3) is 0 Å². The summed E-state index contributed by atoms with van der Waals surface area (Å²) in [4.78, 5) is 2.28. The summed E-state index contributed by atoms with van der Waals surface area (Å²) in [5.41, 5.74) is 4.89. The summed E-state index contributed by atoms with van der Waals surface area (Å²) in [6.07, 6.45) is 0. The molecule has 0 N–H and O–H groups in total. The summed E-state index contributed by atoms with van der Waals surface area (Å²) in [5.74, 6) is 0. The highest BCUT2D eigenvalue weighted by atomic mass is 15.1. The van der Waals surface area contributed by atoms with Crippen molar-refractivity contribution >= 4 is 29.2 Å². The Kier molecular flexibility index (Phi) is 4.29. The minimum Gasteiger partial charge on any atom is -0.311 e. The van der Waals surface area contributed by atoms with E-state index in [0.717, 1.165) is 0 Å². The van der Waals surface area contributed by atoms with Crippen molar-refractivity contribution in [3.8, 4) is 0 Å². The predicted molar refractivity (Wildman–Crippen MR) is 98.2 cm³/mol. The van der Waals surface area contributed by atoms with Gasteiger partial charge < -0.3 is 4.90 Å². The molecule has 0 aromatic heterocycles. The topological polar surface area (TPSA) is 3.24 Å². The van der Waals surface area contributed by atoms with Crippen LogP contribution in [0.15, 0.2) is 84.9 Å². The molecule has 0 heterocycles. The number of hydrogen-bond acceptors (Lipinski definition) is 1. The molecule has 0 unspecified atom stereocenters. The predicted octanol–water partition coefficient (Wildman–Crippen LogP) is 5.12. The SMILES string of the molecule is CB(C)c1ccc(N(c2ccccc2)c2ccccc2)cc1. The van der Waals surface area contributed by atoms with Gasteiger partial charge in [0.1, 0.15) is 0 Å². The molecule has 0 saturated carbocycles. The fraction of sp³-hybridized carbons (Fsp3) is 0.100. The van der Waals surface area contributed by atoms with Gasteiger partial charge in [-0.3, -0.25) is 0 Å². The molecular weight excluding hydrogens is 265 g/mol. The molecule has 0 aliphatic heterocycles. The van der Waals surface area contributed by atoms with E-state index < -0.39 is 0 Å². The molecule has 0 bridgehead atoms. The Morgan fingerprint density at radius 2 is 0.955 bits per heavy atom. The number of anilines is 3. The van der Waals surface area contributed by atoms with E-state index in [2.05, 4.69) is 103 Å². The van der Waals surface area contributed by atoms with Crippen LogP contribution in [0, 0.1) is 0 Å². The van der Waals surface area contributed by atoms with Crippen LogP contribution in [0.4, 0.5) is 17.1 Å². The van der Waals surface area contributed by atoms with Crippen molar-refractivity contribution in [2.24, 2.45) is 0 Å². The minimum atomic E-state index is 0.552. The summed E-state index contributed by atoms with van der Waals surface area (Å²) < 4.78 is 0. The highest BCUT2D eigenvalue weighted by Crippen LogP contribution is 2.33. The molecule has 2 heteroatoms. The van der Waals surface area contributed by atoms with Crippen molar-refractivity contribution < 1.29 is 0 Å². The maximum Gasteiger partial charge on any atom is 0.169 e. The Bertz CT molecular complexity index is 666. The summed E-state index contributed by atoms with van der Waals surface area (Å²) in [6, 6.07) is 29.8. The van der Waals surface area contributed by atoms with Crippen molar-refractivity contribution in [2.45, 2.75) is 13.6 Å². The first-order chi connectivity index (χ1) is 10.8. The number of benzene rings is 3. The van der Waals surface area contributed by atoms with Gasteiger partial charge >= 0.3 is 0 Å². The second-order valence-electron chi connectivity index (χ2n) is 5.75. The van der Waals surface area contributed by atoms with E-state index in [-0.39, 0.29) is 0 Å². The summed E-state index contributed by atoms with van der Waals surface area (Å²) in [5, 5.41) is 0. The lowest BCUT2D eigenvalue weighted by atomic mass is 9.49. The Morgan fingerprint density at radius 1 is 0.545 bits per heavy atom. The van der Waals surface area contributed by atoms with Gasteiger partial charge in [-0.25, -0.2) is 0 Å². The van der Waals surface area contributed by atoms with Gasteiger partial charge in [-0.1, -0.05) is 67.6 Å². The minimum absolute atomic E-state index is 0.552. The maximum atomic E-state index is 2.28. The normalized spacial score (nSPS) is 10.3. The van der Waals surface area contributed by atoms with Gasteiger partial charge in [0.2, 0.25) is 0 Å². The first-order valence-electron chi connectivity index (χ1n) is 7.76. The second kappa shape index (κ2) is 6.53. The van der Waals surface area contributed by atoms with Crippen LogP contribution in [0.2, 0.25) is 13.6 Å².